The standard InChI is InChI=1S/C13H18N4OS2/c1-8(2)15-12(18)10-11(14)16-20-13(10)17(3)6-9-4-5-19-7-9/h4-5,7-8H,6H2,1-3H3,(H2,14,16)(H,15,18). The second-order valence-electron chi connectivity index (χ2n) is 4.86. The highest BCUT2D eigenvalue weighted by Crippen LogP contribution is 2.31. The van der Waals surface area contributed by atoms with Crippen LogP contribution in [0.5, 0.6) is 0 Å². The van der Waals surface area contributed by atoms with Gasteiger partial charge in [0.25, 0.3) is 5.91 Å². The van der Waals surface area contributed by atoms with Gasteiger partial charge in [0.1, 0.15) is 10.6 Å². The van der Waals surface area contributed by atoms with Crippen molar-refractivity contribution in [2.75, 3.05) is 17.7 Å². The van der Waals surface area contributed by atoms with Crippen LogP contribution in [-0.4, -0.2) is 23.4 Å². The normalized spacial score (nSPS) is 10.8. The number of anilines is 2. The van der Waals surface area contributed by atoms with E-state index in [-0.39, 0.29) is 11.9 Å². The molecule has 108 valence electrons. The van der Waals surface area contributed by atoms with E-state index in [4.69, 9.17) is 5.73 Å². The Bertz CT molecular complexity index is 577. The summed E-state index contributed by atoms with van der Waals surface area (Å²) < 4.78 is 4.11. The third kappa shape index (κ3) is 3.29. The molecule has 0 saturated heterocycles. The molecule has 0 aliphatic heterocycles. The van der Waals surface area contributed by atoms with Gasteiger partial charge in [-0.25, -0.2) is 0 Å². The summed E-state index contributed by atoms with van der Waals surface area (Å²) in [5.74, 6) is 0.124. The smallest absolute Gasteiger partial charge is 0.258 e. The van der Waals surface area contributed by atoms with Gasteiger partial charge in [0.05, 0.1) is 0 Å². The second kappa shape index (κ2) is 6.23. The van der Waals surface area contributed by atoms with E-state index in [0.29, 0.717) is 11.4 Å². The molecule has 5 nitrogen and oxygen atoms in total. The summed E-state index contributed by atoms with van der Waals surface area (Å²) in [6, 6.07) is 2.14. The van der Waals surface area contributed by atoms with Gasteiger partial charge in [0, 0.05) is 19.6 Å². The summed E-state index contributed by atoms with van der Waals surface area (Å²) in [6.45, 7) is 4.57. The molecule has 0 spiro atoms. The lowest BCUT2D eigenvalue weighted by molar-refractivity contribution is 0.0944. The molecule has 7 heteroatoms. The van der Waals surface area contributed by atoms with Gasteiger partial charge in [-0.15, -0.1) is 0 Å². The van der Waals surface area contributed by atoms with Crippen LogP contribution in [0, 0.1) is 0 Å². The molecular formula is C13H18N4OS2. The first-order valence-electron chi connectivity index (χ1n) is 6.27. The van der Waals surface area contributed by atoms with Crippen molar-refractivity contribution in [3.63, 3.8) is 0 Å². The summed E-state index contributed by atoms with van der Waals surface area (Å²) in [4.78, 5) is 14.2. The number of rotatable bonds is 5. The van der Waals surface area contributed by atoms with Crippen LogP contribution in [0.15, 0.2) is 16.8 Å². The van der Waals surface area contributed by atoms with Crippen molar-refractivity contribution in [1.29, 1.82) is 0 Å². The molecule has 0 aliphatic rings. The lowest BCUT2D eigenvalue weighted by Gasteiger charge is -2.18. The van der Waals surface area contributed by atoms with Crippen LogP contribution in [-0.2, 0) is 6.54 Å². The van der Waals surface area contributed by atoms with Gasteiger partial charge in [-0.3, -0.25) is 4.79 Å². The zero-order valence-corrected chi connectivity index (χ0v) is 13.3. The molecule has 2 heterocycles. The number of hydrogen-bond donors (Lipinski definition) is 2. The fourth-order valence-corrected chi connectivity index (χ4v) is 3.26. The first-order chi connectivity index (χ1) is 9.49. The number of carbonyl (C=O) groups is 1. The number of hydrogen-bond acceptors (Lipinski definition) is 6. The maximum absolute atomic E-state index is 12.2. The van der Waals surface area contributed by atoms with Gasteiger partial charge in [0.15, 0.2) is 5.82 Å². The summed E-state index contributed by atoms with van der Waals surface area (Å²) in [5, 5.41) is 7.79. The van der Waals surface area contributed by atoms with Gasteiger partial charge >= 0.3 is 0 Å². The van der Waals surface area contributed by atoms with Gasteiger partial charge in [-0.2, -0.15) is 15.7 Å². The topological polar surface area (TPSA) is 71.2 Å². The molecule has 0 saturated carbocycles. The molecule has 20 heavy (non-hydrogen) atoms. The Labute approximate surface area is 126 Å². The largest absolute Gasteiger partial charge is 0.382 e. The SMILES string of the molecule is CC(C)NC(=O)c1c(N)nsc1N(C)Cc1ccsc1. The third-order valence-corrected chi connectivity index (χ3v) is 4.40. The number of amides is 1. The van der Waals surface area contributed by atoms with Crippen molar-refractivity contribution in [2.24, 2.45) is 0 Å². The van der Waals surface area contributed by atoms with E-state index < -0.39 is 0 Å². The second-order valence-corrected chi connectivity index (χ2v) is 6.40. The highest BCUT2D eigenvalue weighted by Gasteiger charge is 2.22. The highest BCUT2D eigenvalue weighted by molar-refractivity contribution is 7.11. The summed E-state index contributed by atoms with van der Waals surface area (Å²) >= 11 is 2.91. The first kappa shape index (κ1) is 14.8. The molecule has 3 N–H and O–H groups in total. The van der Waals surface area contributed by atoms with Crippen LogP contribution in [0.4, 0.5) is 10.8 Å². The Kier molecular flexibility index (Phi) is 4.61. The minimum atomic E-state index is -0.168. The maximum Gasteiger partial charge on any atom is 0.258 e. The fraction of sp³-hybridized carbons (Fsp3) is 0.385. The van der Waals surface area contributed by atoms with E-state index >= 15 is 0 Å². The molecule has 1 amide bonds. The zero-order valence-electron chi connectivity index (χ0n) is 11.7. The number of nitrogens with one attached hydrogen (secondary N) is 1. The number of aromatic nitrogens is 1. The summed E-state index contributed by atoms with van der Waals surface area (Å²) in [6.07, 6.45) is 0. The molecule has 0 aromatic carbocycles. The van der Waals surface area contributed by atoms with Crippen LogP contribution < -0.4 is 16.0 Å². The molecule has 2 aromatic heterocycles. The fourth-order valence-electron chi connectivity index (χ4n) is 1.83. The van der Waals surface area contributed by atoms with Crippen molar-refractivity contribution >= 4 is 39.6 Å². The molecule has 0 atom stereocenters. The van der Waals surface area contributed by atoms with E-state index in [2.05, 4.69) is 21.1 Å². The molecule has 0 fully saturated rings. The molecule has 2 rings (SSSR count). The highest BCUT2D eigenvalue weighted by atomic mass is 32.1. The Morgan fingerprint density at radius 2 is 2.30 bits per heavy atom. The predicted molar refractivity (Wildman–Crippen MR) is 85.6 cm³/mol. The Hall–Kier alpha value is -1.60. The van der Waals surface area contributed by atoms with Crippen LogP contribution >= 0.6 is 22.9 Å². The van der Waals surface area contributed by atoms with Crippen molar-refractivity contribution in [3.05, 3.63) is 28.0 Å². The summed E-state index contributed by atoms with van der Waals surface area (Å²) in [7, 11) is 1.94. The third-order valence-electron chi connectivity index (χ3n) is 2.69. The minimum absolute atomic E-state index is 0.0665. The quantitative estimate of drug-likeness (QED) is 0.890. The molecule has 0 unspecified atom stereocenters. The number of nitrogens with zero attached hydrogens (tertiary/aromatic N) is 2. The number of nitrogen functional groups attached to an aromatic ring is 1. The van der Waals surface area contributed by atoms with Crippen LogP contribution in [0.3, 0.4) is 0 Å². The number of carbonyl (C=O) groups excluding carboxylic acids is 1. The maximum atomic E-state index is 12.2. The Morgan fingerprint density at radius 3 is 2.90 bits per heavy atom. The number of nitrogens with two attached hydrogens (primary N) is 1. The van der Waals surface area contributed by atoms with Crippen molar-refractivity contribution in [3.8, 4) is 0 Å². The van der Waals surface area contributed by atoms with E-state index in [9.17, 15) is 4.79 Å². The molecule has 0 bridgehead atoms. The molecular weight excluding hydrogens is 292 g/mol. The van der Waals surface area contributed by atoms with Crippen LogP contribution in [0.2, 0.25) is 0 Å². The van der Waals surface area contributed by atoms with E-state index in [0.717, 1.165) is 11.5 Å². The summed E-state index contributed by atoms with van der Waals surface area (Å²) in [5.41, 5.74) is 7.52. The lowest BCUT2D eigenvalue weighted by Crippen LogP contribution is -2.31. The average molecular weight is 310 g/mol. The average Bonchev–Trinajstić information content (AvgIpc) is 2.97. The van der Waals surface area contributed by atoms with Gasteiger partial charge in [-0.1, -0.05) is 0 Å². The van der Waals surface area contributed by atoms with Crippen molar-refractivity contribution < 1.29 is 4.79 Å². The van der Waals surface area contributed by atoms with Crippen LogP contribution in [0.25, 0.3) is 0 Å². The van der Waals surface area contributed by atoms with Gasteiger partial charge < -0.3 is 16.0 Å². The van der Waals surface area contributed by atoms with Crippen molar-refractivity contribution in [2.45, 2.75) is 26.4 Å². The Morgan fingerprint density at radius 1 is 1.55 bits per heavy atom. The van der Waals surface area contributed by atoms with E-state index in [1.807, 2.05) is 31.2 Å². The molecule has 2 aromatic rings. The first-order valence-corrected chi connectivity index (χ1v) is 7.99. The van der Waals surface area contributed by atoms with E-state index in [1.54, 1.807) is 11.3 Å². The van der Waals surface area contributed by atoms with Crippen molar-refractivity contribution in [1.82, 2.24) is 9.69 Å². The van der Waals surface area contributed by atoms with Gasteiger partial charge in [-0.05, 0) is 47.8 Å². The molecule has 0 radical (unpaired) electrons. The monoisotopic (exact) mass is 310 g/mol. The number of thiophene rings is 1. The molecule has 0 aliphatic carbocycles. The predicted octanol–water partition coefficient (Wildman–Crippen LogP) is 2.56. The minimum Gasteiger partial charge on any atom is -0.382 e. The Balaban J connectivity index is 2.21. The van der Waals surface area contributed by atoms with Crippen LogP contribution in [0.1, 0.15) is 29.8 Å². The zero-order chi connectivity index (χ0) is 14.7. The van der Waals surface area contributed by atoms with E-state index in [1.165, 1.54) is 17.1 Å². The van der Waals surface area contributed by atoms with Gasteiger partial charge in [0.2, 0.25) is 0 Å². The lowest BCUT2D eigenvalue weighted by atomic mass is 10.2.